The molecule has 0 saturated carbocycles. The number of methoxy groups -OCH3 is 3. The molecule has 0 aliphatic carbocycles. The molecule has 0 aromatic heterocycles. The van der Waals surface area contributed by atoms with E-state index in [-0.39, 0.29) is 4.90 Å². The molecule has 34 heavy (non-hydrogen) atoms. The zero-order chi connectivity index (χ0) is 25.3. The van der Waals surface area contributed by atoms with Crippen molar-refractivity contribution in [2.24, 2.45) is 0 Å². The molecule has 2 N–H and O–H groups in total. The smallest absolute Gasteiger partial charge is 0.414 e. The highest BCUT2D eigenvalue weighted by Crippen LogP contribution is 2.26. The van der Waals surface area contributed by atoms with Crippen LogP contribution in [-0.4, -0.2) is 87.3 Å². The number of carboxylic acids is 2. The number of aliphatic carboxylic acids is 2. The van der Waals surface area contributed by atoms with Gasteiger partial charge in [-0.25, -0.2) is 18.0 Å². The molecule has 1 aliphatic rings. The van der Waals surface area contributed by atoms with Gasteiger partial charge in [0.25, 0.3) is 0 Å². The quantitative estimate of drug-likeness (QED) is 0.540. The van der Waals surface area contributed by atoms with Gasteiger partial charge in [0.15, 0.2) is 0 Å². The van der Waals surface area contributed by atoms with Crippen LogP contribution >= 0.6 is 0 Å². The Labute approximate surface area is 198 Å². The molecule has 1 saturated heterocycles. The van der Waals surface area contributed by atoms with Crippen molar-refractivity contribution >= 4 is 22.0 Å². The molecule has 0 atom stereocenters. The van der Waals surface area contributed by atoms with E-state index in [4.69, 9.17) is 34.0 Å². The first-order valence-electron chi connectivity index (χ1n) is 10.2. The standard InChI is InChI=1S/C20H26N2O5S.C2H2O4/c1-25-17-4-7-19(8-5-17)28(23,24)22-12-10-21(11-13-22)15-16-14-18(26-2)6-9-20(16)27-3;3-1(4)2(5)6/h4-9,14H,10-13,15H2,1-3H3;(H,3,4)(H,5,6). The van der Waals surface area contributed by atoms with Crippen LogP contribution in [0.5, 0.6) is 17.2 Å². The van der Waals surface area contributed by atoms with Crippen LogP contribution in [0.4, 0.5) is 0 Å². The minimum absolute atomic E-state index is 0.288. The van der Waals surface area contributed by atoms with Crippen LogP contribution in [0, 0.1) is 0 Å². The van der Waals surface area contributed by atoms with E-state index in [9.17, 15) is 8.42 Å². The van der Waals surface area contributed by atoms with Crippen LogP contribution in [0.25, 0.3) is 0 Å². The lowest BCUT2D eigenvalue weighted by Crippen LogP contribution is -2.48. The van der Waals surface area contributed by atoms with Gasteiger partial charge in [0, 0.05) is 38.3 Å². The first kappa shape index (κ1) is 26.9. The summed E-state index contributed by atoms with van der Waals surface area (Å²) in [5, 5.41) is 14.8. The number of nitrogens with zero attached hydrogens (tertiary/aromatic N) is 2. The molecule has 186 valence electrons. The number of carboxylic acid groups (broad SMARTS) is 2. The highest BCUT2D eigenvalue weighted by molar-refractivity contribution is 7.89. The number of piperazine rings is 1. The van der Waals surface area contributed by atoms with Crippen LogP contribution in [0.2, 0.25) is 0 Å². The fourth-order valence-corrected chi connectivity index (χ4v) is 4.69. The van der Waals surface area contributed by atoms with E-state index >= 15 is 0 Å². The van der Waals surface area contributed by atoms with E-state index in [0.29, 0.717) is 38.5 Å². The van der Waals surface area contributed by atoms with Crippen molar-refractivity contribution in [1.82, 2.24) is 9.21 Å². The summed E-state index contributed by atoms with van der Waals surface area (Å²) < 4.78 is 43.1. The zero-order valence-corrected chi connectivity index (χ0v) is 19.9. The van der Waals surface area contributed by atoms with Crippen molar-refractivity contribution < 1.29 is 42.4 Å². The Hall–Kier alpha value is -3.35. The second kappa shape index (κ2) is 12.2. The maximum absolute atomic E-state index is 12.9. The first-order valence-corrected chi connectivity index (χ1v) is 11.6. The van der Waals surface area contributed by atoms with E-state index in [1.54, 1.807) is 45.6 Å². The van der Waals surface area contributed by atoms with Crippen LogP contribution in [0.3, 0.4) is 0 Å². The number of ether oxygens (including phenoxy) is 3. The van der Waals surface area contributed by atoms with Crippen LogP contribution in [-0.2, 0) is 26.2 Å². The number of benzene rings is 2. The molecule has 2 aromatic carbocycles. The van der Waals surface area contributed by atoms with Gasteiger partial charge >= 0.3 is 11.9 Å². The summed E-state index contributed by atoms with van der Waals surface area (Å²) in [7, 11) is 1.33. The molecule has 12 heteroatoms. The second-order valence-electron chi connectivity index (χ2n) is 7.14. The molecule has 0 radical (unpaired) electrons. The summed E-state index contributed by atoms with van der Waals surface area (Å²) in [6.45, 7) is 2.86. The lowest BCUT2D eigenvalue weighted by atomic mass is 10.1. The van der Waals surface area contributed by atoms with E-state index in [2.05, 4.69) is 4.90 Å². The van der Waals surface area contributed by atoms with Crippen molar-refractivity contribution in [3.05, 3.63) is 48.0 Å². The van der Waals surface area contributed by atoms with E-state index in [1.165, 1.54) is 4.31 Å². The summed E-state index contributed by atoms with van der Waals surface area (Å²) in [6, 6.07) is 12.2. The molecule has 1 heterocycles. The first-order chi connectivity index (χ1) is 16.1. The lowest BCUT2D eigenvalue weighted by molar-refractivity contribution is -0.159. The Kier molecular flexibility index (Phi) is 9.66. The number of hydrogen-bond acceptors (Lipinski definition) is 8. The predicted octanol–water partition coefficient (Wildman–Crippen LogP) is 1.37. The molecule has 1 fully saturated rings. The highest BCUT2D eigenvalue weighted by atomic mass is 32.2. The van der Waals surface area contributed by atoms with Crippen molar-refractivity contribution in [3.8, 4) is 17.2 Å². The Morgan fingerprint density at radius 2 is 1.35 bits per heavy atom. The van der Waals surface area contributed by atoms with Gasteiger partial charge in [0.05, 0.1) is 26.2 Å². The minimum atomic E-state index is -3.50. The third-order valence-electron chi connectivity index (χ3n) is 5.09. The third-order valence-corrected chi connectivity index (χ3v) is 7.01. The molecule has 0 amide bonds. The SMILES string of the molecule is COc1ccc(S(=O)(=O)N2CCN(Cc3cc(OC)ccc3OC)CC2)cc1.O=C(O)C(=O)O. The molecule has 1 aliphatic heterocycles. The summed E-state index contributed by atoms with van der Waals surface area (Å²) in [5.41, 5.74) is 1.02. The highest BCUT2D eigenvalue weighted by Gasteiger charge is 2.28. The molecular formula is C22H28N2O9S. The van der Waals surface area contributed by atoms with Gasteiger partial charge in [0.2, 0.25) is 10.0 Å². The summed E-state index contributed by atoms with van der Waals surface area (Å²) in [4.78, 5) is 20.7. The van der Waals surface area contributed by atoms with Gasteiger partial charge in [-0.3, -0.25) is 4.90 Å². The van der Waals surface area contributed by atoms with Gasteiger partial charge in [-0.1, -0.05) is 0 Å². The maximum atomic E-state index is 12.9. The van der Waals surface area contributed by atoms with Crippen LogP contribution in [0.1, 0.15) is 5.56 Å². The monoisotopic (exact) mass is 496 g/mol. The van der Waals surface area contributed by atoms with Gasteiger partial charge in [-0.05, 0) is 42.5 Å². The average Bonchev–Trinajstić information content (AvgIpc) is 2.84. The molecule has 0 unspecified atom stereocenters. The van der Waals surface area contributed by atoms with E-state index < -0.39 is 22.0 Å². The summed E-state index contributed by atoms with van der Waals surface area (Å²) >= 11 is 0. The van der Waals surface area contributed by atoms with Crippen molar-refractivity contribution in [1.29, 1.82) is 0 Å². The fraction of sp³-hybridized carbons (Fsp3) is 0.364. The topological polar surface area (TPSA) is 143 Å². The molecule has 2 aromatic rings. The van der Waals surface area contributed by atoms with E-state index in [0.717, 1.165) is 17.1 Å². The Morgan fingerprint density at radius 3 is 1.82 bits per heavy atom. The van der Waals surface area contributed by atoms with Crippen LogP contribution < -0.4 is 14.2 Å². The van der Waals surface area contributed by atoms with Crippen LogP contribution in [0.15, 0.2) is 47.4 Å². The maximum Gasteiger partial charge on any atom is 0.414 e. The number of carbonyl (C=O) groups is 2. The Balaban J connectivity index is 0.000000604. The normalized spacial score (nSPS) is 14.4. The van der Waals surface area contributed by atoms with Gasteiger partial charge in [-0.2, -0.15) is 4.31 Å². The lowest BCUT2D eigenvalue weighted by Gasteiger charge is -2.34. The number of rotatable bonds is 7. The predicted molar refractivity (Wildman–Crippen MR) is 122 cm³/mol. The minimum Gasteiger partial charge on any atom is -0.497 e. The Bertz CT molecular complexity index is 1070. The molecule has 0 spiro atoms. The summed E-state index contributed by atoms with van der Waals surface area (Å²) in [5.74, 6) is -1.44. The largest absolute Gasteiger partial charge is 0.497 e. The third kappa shape index (κ3) is 7.07. The van der Waals surface area contributed by atoms with Gasteiger partial charge < -0.3 is 24.4 Å². The number of hydrogen-bond donors (Lipinski definition) is 2. The van der Waals surface area contributed by atoms with Crippen molar-refractivity contribution in [2.45, 2.75) is 11.4 Å². The number of sulfonamides is 1. The summed E-state index contributed by atoms with van der Waals surface area (Å²) in [6.07, 6.45) is 0. The molecular weight excluding hydrogens is 468 g/mol. The van der Waals surface area contributed by atoms with E-state index in [1.807, 2.05) is 18.2 Å². The molecule has 11 nitrogen and oxygen atoms in total. The molecule has 3 rings (SSSR count). The zero-order valence-electron chi connectivity index (χ0n) is 19.1. The van der Waals surface area contributed by atoms with Gasteiger partial charge in [-0.15, -0.1) is 0 Å². The average molecular weight is 497 g/mol. The van der Waals surface area contributed by atoms with Gasteiger partial charge in [0.1, 0.15) is 17.2 Å². The fourth-order valence-electron chi connectivity index (χ4n) is 3.27. The molecule has 0 bridgehead atoms. The van der Waals surface area contributed by atoms with Crippen molar-refractivity contribution in [2.75, 3.05) is 47.5 Å². The van der Waals surface area contributed by atoms with Crippen molar-refractivity contribution in [3.63, 3.8) is 0 Å². The second-order valence-corrected chi connectivity index (χ2v) is 9.08. The Morgan fingerprint density at radius 1 is 0.824 bits per heavy atom.